The second kappa shape index (κ2) is 13.7. The molecule has 3 aromatic carbocycles. The summed E-state index contributed by atoms with van der Waals surface area (Å²) in [4.78, 5) is 11.9. The third-order valence-corrected chi connectivity index (χ3v) is 8.41. The number of hydrogen-bond acceptors (Lipinski definition) is 8. The summed E-state index contributed by atoms with van der Waals surface area (Å²) in [5.41, 5.74) is 5.58. The molecule has 3 unspecified atom stereocenters. The number of carbonyl (C=O) groups excluding carboxylic acids is 1. The standard InChI is InChI=1S/C29H28Cl3N5O4S/c1-37-28(34-35-36-37)42-17-24-14-25(21-7-5-18(16-38)6-8-21)41-26(40-24)22-11-9-20(10-12-22)23-4-2-3-19(13-23)15-33-27(39)29(30,31)32/h2-13,24-26,38H,14-17H2,1H3,(H,33,39). The van der Waals surface area contributed by atoms with Crippen LogP contribution in [0.2, 0.25) is 0 Å². The van der Waals surface area contributed by atoms with Gasteiger partial charge in [-0.25, -0.2) is 4.68 Å². The topological polar surface area (TPSA) is 111 Å². The number of aliphatic hydroxyl groups is 1. The molecule has 1 aliphatic heterocycles. The fourth-order valence-corrected chi connectivity index (χ4v) is 5.58. The Balaban J connectivity index is 1.31. The third kappa shape index (κ3) is 7.82. The fraction of sp³-hybridized carbons (Fsp3) is 0.310. The number of amides is 1. The van der Waals surface area contributed by atoms with E-state index in [-0.39, 0.29) is 25.4 Å². The molecule has 0 aliphatic carbocycles. The molecule has 0 radical (unpaired) electrons. The Morgan fingerprint density at radius 1 is 1.02 bits per heavy atom. The van der Waals surface area contributed by atoms with Crippen LogP contribution < -0.4 is 5.32 Å². The number of aromatic nitrogens is 4. The Kier molecular flexibility index (Phi) is 10.1. The van der Waals surface area contributed by atoms with Crippen LogP contribution in [0.1, 0.15) is 41.1 Å². The van der Waals surface area contributed by atoms with Crippen molar-refractivity contribution in [1.29, 1.82) is 0 Å². The summed E-state index contributed by atoms with van der Waals surface area (Å²) in [6.07, 6.45) is -0.235. The van der Waals surface area contributed by atoms with Crippen LogP contribution in [-0.4, -0.2) is 46.9 Å². The molecule has 1 amide bonds. The van der Waals surface area contributed by atoms with E-state index in [0.717, 1.165) is 33.4 Å². The summed E-state index contributed by atoms with van der Waals surface area (Å²) in [7, 11) is 1.80. The van der Waals surface area contributed by atoms with Crippen LogP contribution in [0.4, 0.5) is 0 Å². The minimum Gasteiger partial charge on any atom is -0.392 e. The highest BCUT2D eigenvalue weighted by molar-refractivity contribution is 7.99. The molecule has 9 nitrogen and oxygen atoms in total. The molecule has 13 heteroatoms. The zero-order chi connectivity index (χ0) is 29.7. The van der Waals surface area contributed by atoms with Crippen molar-refractivity contribution >= 4 is 52.5 Å². The molecule has 1 aromatic heterocycles. The lowest BCUT2D eigenvalue weighted by atomic mass is 9.99. The molecule has 3 atom stereocenters. The molecule has 220 valence electrons. The molecule has 0 bridgehead atoms. The summed E-state index contributed by atoms with van der Waals surface area (Å²) in [6, 6.07) is 23.6. The molecule has 42 heavy (non-hydrogen) atoms. The summed E-state index contributed by atoms with van der Waals surface area (Å²) < 4.78 is 12.5. The van der Waals surface area contributed by atoms with Crippen molar-refractivity contribution < 1.29 is 19.4 Å². The lowest BCUT2D eigenvalue weighted by Gasteiger charge is -2.36. The van der Waals surface area contributed by atoms with Gasteiger partial charge in [-0.1, -0.05) is 113 Å². The number of halogens is 3. The molecular weight excluding hydrogens is 621 g/mol. The third-order valence-electron chi connectivity index (χ3n) is 6.75. The van der Waals surface area contributed by atoms with Gasteiger partial charge in [0.25, 0.3) is 9.70 Å². The predicted molar refractivity (Wildman–Crippen MR) is 162 cm³/mol. The Morgan fingerprint density at radius 3 is 2.43 bits per heavy atom. The smallest absolute Gasteiger partial charge is 0.272 e. The van der Waals surface area contributed by atoms with E-state index in [1.165, 1.54) is 11.8 Å². The Hall–Kier alpha value is -2.70. The molecule has 0 spiro atoms. The maximum Gasteiger partial charge on any atom is 0.272 e. The van der Waals surface area contributed by atoms with Gasteiger partial charge in [-0.15, -0.1) is 5.10 Å². The van der Waals surface area contributed by atoms with Crippen molar-refractivity contribution in [1.82, 2.24) is 25.5 Å². The highest BCUT2D eigenvalue weighted by atomic mass is 35.6. The number of aliphatic hydroxyl groups excluding tert-OH is 1. The number of benzene rings is 3. The van der Waals surface area contributed by atoms with Gasteiger partial charge in [0.05, 0.1) is 18.8 Å². The van der Waals surface area contributed by atoms with Crippen LogP contribution in [-0.2, 0) is 34.5 Å². The van der Waals surface area contributed by atoms with Crippen molar-refractivity contribution in [3.63, 3.8) is 0 Å². The van der Waals surface area contributed by atoms with Gasteiger partial charge in [-0.05, 0) is 44.3 Å². The number of ether oxygens (including phenoxy) is 2. The molecule has 1 saturated heterocycles. The van der Waals surface area contributed by atoms with E-state index < -0.39 is 16.0 Å². The van der Waals surface area contributed by atoms with E-state index >= 15 is 0 Å². The van der Waals surface area contributed by atoms with Crippen LogP contribution in [0, 0.1) is 0 Å². The van der Waals surface area contributed by atoms with Gasteiger partial charge in [0.2, 0.25) is 5.16 Å². The molecule has 4 aromatic rings. The average molecular weight is 649 g/mol. The Morgan fingerprint density at radius 2 is 1.76 bits per heavy atom. The number of nitrogens with zero attached hydrogens (tertiary/aromatic N) is 4. The largest absolute Gasteiger partial charge is 0.392 e. The highest BCUT2D eigenvalue weighted by Crippen LogP contribution is 2.39. The first-order chi connectivity index (χ1) is 20.2. The molecule has 1 fully saturated rings. The summed E-state index contributed by atoms with van der Waals surface area (Å²) in [6.45, 7) is 0.217. The molecule has 0 saturated carbocycles. The van der Waals surface area contributed by atoms with Crippen LogP contribution in [0.3, 0.4) is 0 Å². The SMILES string of the molecule is Cn1nnnc1SCC1CC(c2ccc(CO)cc2)OC(c2ccc(-c3cccc(CNC(=O)C(Cl)(Cl)Cl)c3)cc2)O1. The van der Waals surface area contributed by atoms with Gasteiger partial charge in [0.15, 0.2) is 6.29 Å². The first kappa shape index (κ1) is 30.7. The monoisotopic (exact) mass is 647 g/mol. The van der Waals surface area contributed by atoms with Gasteiger partial charge in [-0.3, -0.25) is 4.79 Å². The highest BCUT2D eigenvalue weighted by Gasteiger charge is 2.33. The number of thioether (sulfide) groups is 1. The van der Waals surface area contributed by atoms with Crippen molar-refractivity contribution in [2.75, 3.05) is 5.75 Å². The summed E-state index contributed by atoms with van der Waals surface area (Å²) in [5, 5.41) is 24.5. The number of carbonyl (C=O) groups is 1. The van der Waals surface area contributed by atoms with E-state index in [0.29, 0.717) is 17.3 Å². The average Bonchev–Trinajstić information content (AvgIpc) is 3.42. The second-order valence-electron chi connectivity index (χ2n) is 9.75. The van der Waals surface area contributed by atoms with Crippen molar-refractivity contribution in [3.05, 3.63) is 95.1 Å². The number of hydrogen-bond donors (Lipinski definition) is 2. The van der Waals surface area contributed by atoms with E-state index in [1.807, 2.05) is 72.8 Å². The predicted octanol–water partition coefficient (Wildman–Crippen LogP) is 5.69. The van der Waals surface area contributed by atoms with Gasteiger partial charge in [-0.2, -0.15) is 0 Å². The number of tetrazole rings is 1. The fourth-order valence-electron chi connectivity index (χ4n) is 4.51. The first-order valence-corrected chi connectivity index (χ1v) is 15.2. The lowest BCUT2D eigenvalue weighted by Crippen LogP contribution is -2.33. The van der Waals surface area contributed by atoms with Gasteiger partial charge >= 0.3 is 0 Å². The quantitative estimate of drug-likeness (QED) is 0.176. The molecule has 1 aliphatic rings. The van der Waals surface area contributed by atoms with E-state index in [9.17, 15) is 9.90 Å². The molecule has 2 heterocycles. The zero-order valence-corrected chi connectivity index (χ0v) is 25.6. The van der Waals surface area contributed by atoms with Crippen LogP contribution >= 0.6 is 46.6 Å². The van der Waals surface area contributed by atoms with Crippen LogP contribution in [0.25, 0.3) is 11.1 Å². The summed E-state index contributed by atoms with van der Waals surface area (Å²) in [5.74, 6) is -0.0266. The van der Waals surface area contributed by atoms with Crippen molar-refractivity contribution in [2.24, 2.45) is 7.05 Å². The Labute approximate surface area is 262 Å². The molecule has 5 rings (SSSR count). The molecular formula is C29H28Cl3N5O4S. The van der Waals surface area contributed by atoms with Gasteiger partial charge in [0, 0.05) is 31.3 Å². The minimum absolute atomic E-state index is 0.0125. The lowest BCUT2D eigenvalue weighted by molar-refractivity contribution is -0.245. The summed E-state index contributed by atoms with van der Waals surface area (Å²) >= 11 is 18.5. The number of rotatable bonds is 9. The Bertz CT molecular complexity index is 1500. The van der Waals surface area contributed by atoms with E-state index in [1.54, 1.807) is 11.7 Å². The van der Waals surface area contributed by atoms with Crippen LogP contribution in [0.5, 0.6) is 0 Å². The number of alkyl halides is 3. The normalized spacial score (nSPS) is 19.0. The van der Waals surface area contributed by atoms with E-state index in [2.05, 4.69) is 20.8 Å². The minimum atomic E-state index is -2.01. The maximum absolute atomic E-state index is 11.9. The van der Waals surface area contributed by atoms with Crippen molar-refractivity contribution in [3.8, 4) is 11.1 Å². The second-order valence-corrected chi connectivity index (χ2v) is 13.0. The number of aryl methyl sites for hydroxylation is 1. The number of nitrogens with one attached hydrogen (secondary N) is 1. The van der Waals surface area contributed by atoms with Gasteiger partial charge in [0.1, 0.15) is 0 Å². The molecule has 2 N–H and O–H groups in total. The van der Waals surface area contributed by atoms with Gasteiger partial charge < -0.3 is 19.9 Å². The van der Waals surface area contributed by atoms with E-state index in [4.69, 9.17) is 44.3 Å². The zero-order valence-electron chi connectivity index (χ0n) is 22.5. The van der Waals surface area contributed by atoms with Crippen LogP contribution in [0.15, 0.2) is 78.0 Å². The first-order valence-electron chi connectivity index (χ1n) is 13.1. The maximum atomic E-state index is 11.9. The van der Waals surface area contributed by atoms with Crippen molar-refractivity contribution in [2.45, 2.75) is 47.0 Å².